The number of nitrogens with one attached hydrogen (secondary N) is 1. The summed E-state index contributed by atoms with van der Waals surface area (Å²) in [5.41, 5.74) is 1.22. The molecule has 0 fully saturated rings. The normalized spacial score (nSPS) is 15.7. The molecule has 1 aliphatic carbocycles. The van der Waals surface area contributed by atoms with Crippen molar-refractivity contribution in [2.24, 2.45) is 0 Å². The number of hydrogen-bond acceptors (Lipinski definition) is 3. The van der Waals surface area contributed by atoms with E-state index in [9.17, 15) is 8.42 Å². The van der Waals surface area contributed by atoms with E-state index in [1.54, 1.807) is 24.3 Å². The average Bonchev–Trinajstić information content (AvgIpc) is 2.81. The summed E-state index contributed by atoms with van der Waals surface area (Å²) in [7, 11) is -3.31. The van der Waals surface area contributed by atoms with E-state index < -0.39 is 10.0 Å². The fourth-order valence-electron chi connectivity index (χ4n) is 1.90. The Balaban J connectivity index is 2.00. The molecule has 18 heavy (non-hydrogen) atoms. The first-order valence-corrected chi connectivity index (χ1v) is 7.38. The van der Waals surface area contributed by atoms with Gasteiger partial charge in [0.2, 0.25) is 10.0 Å². The lowest BCUT2D eigenvalue weighted by Gasteiger charge is -2.12. The maximum Gasteiger partial charge on any atom is 0.216 e. The minimum absolute atomic E-state index is 0.00613. The summed E-state index contributed by atoms with van der Waals surface area (Å²) < 4.78 is 26.5. The quantitative estimate of drug-likeness (QED) is 0.839. The summed E-state index contributed by atoms with van der Waals surface area (Å²) in [5.74, 6) is -0.0464. The predicted molar refractivity (Wildman–Crippen MR) is 69.1 cm³/mol. The van der Waals surface area contributed by atoms with Crippen molar-refractivity contribution in [2.45, 2.75) is 24.6 Å². The van der Waals surface area contributed by atoms with Gasteiger partial charge < -0.3 is 0 Å². The zero-order chi connectivity index (χ0) is 13.0. The average molecular weight is 262 g/mol. The van der Waals surface area contributed by atoms with E-state index in [-0.39, 0.29) is 11.8 Å². The molecule has 0 radical (unpaired) electrons. The Morgan fingerprint density at radius 1 is 1.22 bits per heavy atom. The van der Waals surface area contributed by atoms with Crippen molar-refractivity contribution in [1.82, 2.24) is 4.72 Å². The molecule has 0 unspecified atom stereocenters. The molecule has 0 atom stereocenters. The Morgan fingerprint density at radius 3 is 2.39 bits per heavy atom. The van der Waals surface area contributed by atoms with Crippen molar-refractivity contribution in [3.8, 4) is 6.07 Å². The van der Waals surface area contributed by atoms with Crippen molar-refractivity contribution in [3.05, 3.63) is 47.5 Å². The molecule has 94 valence electrons. The molecular formula is C13H14N2O2S. The SMILES string of the molecule is N#Cc1ccc(CS(=O)(=O)NC2CC=CC2)cc1. The highest BCUT2D eigenvalue weighted by Gasteiger charge is 2.18. The van der Waals surface area contributed by atoms with Crippen LogP contribution in [0, 0.1) is 11.3 Å². The molecule has 1 aromatic carbocycles. The Morgan fingerprint density at radius 2 is 1.83 bits per heavy atom. The Bertz CT molecular complexity index is 574. The fraction of sp³-hybridized carbons (Fsp3) is 0.308. The van der Waals surface area contributed by atoms with Crippen molar-refractivity contribution < 1.29 is 8.42 Å². The lowest BCUT2D eigenvalue weighted by atomic mass is 10.2. The highest BCUT2D eigenvalue weighted by molar-refractivity contribution is 7.88. The van der Waals surface area contributed by atoms with Gasteiger partial charge >= 0.3 is 0 Å². The van der Waals surface area contributed by atoms with E-state index in [1.807, 2.05) is 18.2 Å². The van der Waals surface area contributed by atoms with Crippen molar-refractivity contribution >= 4 is 10.0 Å². The molecule has 0 saturated carbocycles. The van der Waals surface area contributed by atoms with Crippen LogP contribution < -0.4 is 4.72 Å². The van der Waals surface area contributed by atoms with E-state index >= 15 is 0 Å². The van der Waals surface area contributed by atoms with Gasteiger partial charge in [0.25, 0.3) is 0 Å². The molecule has 1 N–H and O–H groups in total. The number of rotatable bonds is 4. The first kappa shape index (κ1) is 12.8. The third-order valence-electron chi connectivity index (χ3n) is 2.79. The summed E-state index contributed by atoms with van der Waals surface area (Å²) in [6.07, 6.45) is 5.48. The smallest absolute Gasteiger partial charge is 0.212 e. The molecule has 1 aromatic rings. The highest BCUT2D eigenvalue weighted by Crippen LogP contribution is 2.13. The second-order valence-corrected chi connectivity index (χ2v) is 6.08. The number of nitriles is 1. The monoisotopic (exact) mass is 262 g/mol. The molecule has 0 aliphatic heterocycles. The van der Waals surface area contributed by atoms with Crippen LogP contribution in [0.1, 0.15) is 24.0 Å². The minimum Gasteiger partial charge on any atom is -0.212 e. The van der Waals surface area contributed by atoms with Gasteiger partial charge in [-0.1, -0.05) is 24.3 Å². The van der Waals surface area contributed by atoms with E-state index in [0.29, 0.717) is 11.1 Å². The standard InChI is InChI=1S/C13H14N2O2S/c14-9-11-5-7-12(8-6-11)10-18(16,17)15-13-3-1-2-4-13/h1-2,5-8,13,15H,3-4,10H2. The molecule has 0 spiro atoms. The third-order valence-corrected chi connectivity index (χ3v) is 4.20. The molecule has 2 rings (SSSR count). The molecule has 4 nitrogen and oxygen atoms in total. The molecule has 5 heteroatoms. The van der Waals surface area contributed by atoms with Crippen LogP contribution >= 0.6 is 0 Å². The van der Waals surface area contributed by atoms with Gasteiger partial charge in [-0.2, -0.15) is 5.26 Å². The Labute approximate surface area is 107 Å². The zero-order valence-electron chi connectivity index (χ0n) is 9.83. The first-order chi connectivity index (χ1) is 8.59. The third kappa shape index (κ3) is 3.42. The molecule has 1 aliphatic rings. The van der Waals surface area contributed by atoms with Gasteiger partial charge in [-0.25, -0.2) is 13.1 Å². The van der Waals surface area contributed by atoms with Gasteiger partial charge in [0, 0.05) is 6.04 Å². The molecule has 0 heterocycles. The van der Waals surface area contributed by atoms with Gasteiger partial charge in [0.15, 0.2) is 0 Å². The van der Waals surface area contributed by atoms with E-state index in [4.69, 9.17) is 5.26 Å². The van der Waals surface area contributed by atoms with Crippen molar-refractivity contribution in [2.75, 3.05) is 0 Å². The van der Waals surface area contributed by atoms with Crippen LogP contribution in [0.3, 0.4) is 0 Å². The summed E-state index contributed by atoms with van der Waals surface area (Å²) in [4.78, 5) is 0. The van der Waals surface area contributed by atoms with Gasteiger partial charge in [-0.3, -0.25) is 0 Å². The van der Waals surface area contributed by atoms with Crippen LogP contribution in [0.4, 0.5) is 0 Å². The lowest BCUT2D eigenvalue weighted by Crippen LogP contribution is -2.33. The van der Waals surface area contributed by atoms with Crippen LogP contribution in [0.2, 0.25) is 0 Å². The van der Waals surface area contributed by atoms with Crippen LogP contribution in [-0.2, 0) is 15.8 Å². The lowest BCUT2D eigenvalue weighted by molar-refractivity contribution is 0.556. The predicted octanol–water partition coefficient (Wildman–Crippen LogP) is 1.70. The zero-order valence-corrected chi connectivity index (χ0v) is 10.7. The van der Waals surface area contributed by atoms with E-state index in [2.05, 4.69) is 4.72 Å². The van der Waals surface area contributed by atoms with Gasteiger partial charge in [0.05, 0.1) is 17.4 Å². The molecule has 0 amide bonds. The van der Waals surface area contributed by atoms with Gasteiger partial charge in [-0.05, 0) is 30.5 Å². The summed E-state index contributed by atoms with van der Waals surface area (Å²) >= 11 is 0. The molecule has 0 bridgehead atoms. The second kappa shape index (κ2) is 5.34. The fourth-order valence-corrected chi connectivity index (χ4v) is 3.32. The van der Waals surface area contributed by atoms with Crippen LogP contribution in [0.25, 0.3) is 0 Å². The second-order valence-electron chi connectivity index (χ2n) is 4.33. The maximum absolute atomic E-state index is 11.9. The van der Waals surface area contributed by atoms with Crippen LogP contribution in [0.5, 0.6) is 0 Å². The maximum atomic E-state index is 11.9. The number of benzene rings is 1. The van der Waals surface area contributed by atoms with Gasteiger partial charge in [-0.15, -0.1) is 0 Å². The Kier molecular flexibility index (Phi) is 3.80. The first-order valence-electron chi connectivity index (χ1n) is 5.73. The summed E-state index contributed by atoms with van der Waals surface area (Å²) in [5, 5.41) is 8.66. The minimum atomic E-state index is -3.31. The van der Waals surface area contributed by atoms with E-state index in [0.717, 1.165) is 12.8 Å². The summed E-state index contributed by atoms with van der Waals surface area (Å²) in [6, 6.07) is 8.59. The largest absolute Gasteiger partial charge is 0.216 e. The topological polar surface area (TPSA) is 70.0 Å². The van der Waals surface area contributed by atoms with Crippen LogP contribution in [-0.4, -0.2) is 14.5 Å². The molecule has 0 saturated heterocycles. The van der Waals surface area contributed by atoms with Crippen LogP contribution in [0.15, 0.2) is 36.4 Å². The Hall–Kier alpha value is -1.64. The summed E-state index contributed by atoms with van der Waals surface area (Å²) in [6.45, 7) is 0. The molecular weight excluding hydrogens is 248 g/mol. The number of hydrogen-bond donors (Lipinski definition) is 1. The number of sulfonamides is 1. The molecule has 0 aromatic heterocycles. The van der Waals surface area contributed by atoms with E-state index in [1.165, 1.54) is 0 Å². The van der Waals surface area contributed by atoms with Gasteiger partial charge in [0.1, 0.15) is 0 Å². The highest BCUT2D eigenvalue weighted by atomic mass is 32.2. The number of nitrogens with zero attached hydrogens (tertiary/aromatic N) is 1. The van der Waals surface area contributed by atoms with Crippen molar-refractivity contribution in [3.63, 3.8) is 0 Å². The van der Waals surface area contributed by atoms with Crippen molar-refractivity contribution in [1.29, 1.82) is 5.26 Å².